The number of carbonyl (C=O) groups is 1. The molecule has 2 aromatic heterocycles. The average Bonchev–Trinajstić information content (AvgIpc) is 3.42. The third-order valence-corrected chi connectivity index (χ3v) is 5.33. The number of rotatable bonds is 5. The number of anilines is 1. The number of ether oxygens (including phenoxy) is 2. The van der Waals surface area contributed by atoms with E-state index >= 15 is 0 Å². The van der Waals surface area contributed by atoms with E-state index in [2.05, 4.69) is 15.4 Å². The Bertz CT molecular complexity index is 828. The zero-order valence-electron chi connectivity index (χ0n) is 15.6. The van der Waals surface area contributed by atoms with Crippen LogP contribution in [-0.4, -0.2) is 46.1 Å². The Morgan fingerprint density at radius 2 is 2.23 bits per heavy atom. The van der Waals surface area contributed by atoms with Crippen molar-refractivity contribution in [3.63, 3.8) is 0 Å². The summed E-state index contributed by atoms with van der Waals surface area (Å²) in [6.07, 6.45) is 6.37. The smallest absolute Gasteiger partial charge is 0.341 e. The molecule has 1 N–H and O–H groups in total. The molecule has 0 bridgehead atoms. The molecular weight excluding hydrogens is 332 g/mol. The second-order valence-electron chi connectivity index (χ2n) is 7.29. The number of fused-ring (bicyclic) bond motifs is 1. The van der Waals surface area contributed by atoms with E-state index in [9.17, 15) is 4.79 Å². The lowest BCUT2D eigenvalue weighted by molar-refractivity contribution is -0.00218. The Hall–Kier alpha value is -2.15. The van der Waals surface area contributed by atoms with E-state index in [4.69, 9.17) is 9.47 Å². The molecule has 1 aliphatic heterocycles. The van der Waals surface area contributed by atoms with Crippen molar-refractivity contribution in [3.8, 4) is 0 Å². The summed E-state index contributed by atoms with van der Waals surface area (Å²) < 4.78 is 12.9. The average molecular weight is 358 g/mol. The first-order valence-corrected chi connectivity index (χ1v) is 9.46. The lowest BCUT2D eigenvalue weighted by atomic mass is 9.99. The van der Waals surface area contributed by atoms with Crippen molar-refractivity contribution in [2.24, 2.45) is 13.0 Å². The van der Waals surface area contributed by atoms with E-state index in [0.717, 1.165) is 41.9 Å². The molecule has 0 amide bonds. The molecule has 7 heteroatoms. The number of nitrogens with one attached hydrogen (secondary N) is 1. The maximum absolute atomic E-state index is 12.5. The van der Waals surface area contributed by atoms with Gasteiger partial charge in [0.1, 0.15) is 5.56 Å². The van der Waals surface area contributed by atoms with Gasteiger partial charge >= 0.3 is 5.97 Å². The molecule has 4 rings (SSSR count). The topological polar surface area (TPSA) is 78.3 Å². The predicted octanol–water partition coefficient (Wildman–Crippen LogP) is 2.82. The molecule has 1 saturated carbocycles. The summed E-state index contributed by atoms with van der Waals surface area (Å²) in [5.74, 6) is 0.361. The van der Waals surface area contributed by atoms with Crippen molar-refractivity contribution in [1.29, 1.82) is 0 Å². The van der Waals surface area contributed by atoms with Crippen LogP contribution in [0.2, 0.25) is 0 Å². The number of carbonyl (C=O) groups excluding carboxylic acids is 1. The first-order valence-electron chi connectivity index (χ1n) is 9.46. The minimum atomic E-state index is -0.349. The summed E-state index contributed by atoms with van der Waals surface area (Å²) in [5.41, 5.74) is 2.89. The molecule has 0 spiro atoms. The van der Waals surface area contributed by atoms with Gasteiger partial charge in [0.05, 0.1) is 29.5 Å². The van der Waals surface area contributed by atoms with Crippen LogP contribution in [0.4, 0.5) is 5.69 Å². The van der Waals surface area contributed by atoms with E-state index in [1.165, 1.54) is 12.8 Å². The van der Waals surface area contributed by atoms with Gasteiger partial charge in [0, 0.05) is 25.9 Å². The molecule has 2 fully saturated rings. The highest BCUT2D eigenvalue weighted by Gasteiger charge is 2.36. The Morgan fingerprint density at radius 3 is 2.96 bits per heavy atom. The van der Waals surface area contributed by atoms with Gasteiger partial charge in [0.2, 0.25) is 0 Å². The second-order valence-corrected chi connectivity index (χ2v) is 7.29. The van der Waals surface area contributed by atoms with E-state index in [-0.39, 0.29) is 12.0 Å². The Kier molecular flexibility index (Phi) is 4.56. The Labute approximate surface area is 153 Å². The van der Waals surface area contributed by atoms with E-state index in [1.54, 1.807) is 10.9 Å². The Morgan fingerprint density at radius 1 is 1.42 bits per heavy atom. The van der Waals surface area contributed by atoms with Crippen LogP contribution in [0.25, 0.3) is 11.0 Å². The van der Waals surface area contributed by atoms with E-state index in [0.29, 0.717) is 24.2 Å². The largest absolute Gasteiger partial charge is 0.462 e. The summed E-state index contributed by atoms with van der Waals surface area (Å²) >= 11 is 0. The van der Waals surface area contributed by atoms with Gasteiger partial charge in [0.25, 0.3) is 0 Å². The summed E-state index contributed by atoms with van der Waals surface area (Å²) in [6.45, 7) is 4.85. The monoisotopic (exact) mass is 358 g/mol. The van der Waals surface area contributed by atoms with Crippen LogP contribution in [0.5, 0.6) is 0 Å². The van der Waals surface area contributed by atoms with Gasteiger partial charge in [-0.15, -0.1) is 0 Å². The molecule has 0 aromatic carbocycles. The van der Waals surface area contributed by atoms with Crippen molar-refractivity contribution in [2.75, 3.05) is 18.5 Å². The number of aryl methyl sites for hydroxylation is 2. The van der Waals surface area contributed by atoms with Gasteiger partial charge < -0.3 is 14.8 Å². The van der Waals surface area contributed by atoms with Crippen LogP contribution >= 0.6 is 0 Å². The SMILES string of the molecule is CCOC(=O)c1cnc2c(c(C)nn2C)c1NC1CCOC(C2CC2)C1. The minimum Gasteiger partial charge on any atom is -0.462 e. The number of hydrogen-bond acceptors (Lipinski definition) is 6. The Balaban J connectivity index is 1.70. The van der Waals surface area contributed by atoms with Crippen molar-refractivity contribution < 1.29 is 14.3 Å². The maximum Gasteiger partial charge on any atom is 0.341 e. The van der Waals surface area contributed by atoms with Gasteiger partial charge in [-0.25, -0.2) is 9.78 Å². The van der Waals surface area contributed by atoms with E-state index in [1.807, 2.05) is 20.9 Å². The van der Waals surface area contributed by atoms with Crippen LogP contribution in [0.3, 0.4) is 0 Å². The summed E-state index contributed by atoms with van der Waals surface area (Å²) in [5, 5.41) is 9.00. The lowest BCUT2D eigenvalue weighted by Gasteiger charge is -2.31. The summed E-state index contributed by atoms with van der Waals surface area (Å²) in [4.78, 5) is 16.9. The van der Waals surface area contributed by atoms with Gasteiger partial charge in [-0.3, -0.25) is 4.68 Å². The molecular formula is C19H26N4O3. The number of esters is 1. The van der Waals surface area contributed by atoms with Crippen molar-refractivity contribution in [3.05, 3.63) is 17.5 Å². The lowest BCUT2D eigenvalue weighted by Crippen LogP contribution is -2.35. The molecule has 2 unspecified atom stereocenters. The zero-order chi connectivity index (χ0) is 18.3. The quantitative estimate of drug-likeness (QED) is 0.828. The van der Waals surface area contributed by atoms with Gasteiger partial charge in [-0.1, -0.05) is 0 Å². The van der Waals surface area contributed by atoms with Crippen LogP contribution in [0.15, 0.2) is 6.20 Å². The van der Waals surface area contributed by atoms with Gasteiger partial charge in [-0.2, -0.15) is 5.10 Å². The normalized spacial score (nSPS) is 23.2. The van der Waals surface area contributed by atoms with Crippen molar-refractivity contribution in [2.45, 2.75) is 51.7 Å². The first-order chi connectivity index (χ1) is 12.6. The van der Waals surface area contributed by atoms with Crippen molar-refractivity contribution >= 4 is 22.7 Å². The molecule has 140 valence electrons. The standard InChI is InChI=1S/C19H26N4O3/c1-4-25-19(24)14-10-20-18-16(11(2)22-23(18)3)17(14)21-13-7-8-26-15(9-13)12-5-6-12/h10,12-13,15H,4-9H2,1-3H3,(H,20,21). The number of hydrogen-bond donors (Lipinski definition) is 1. The van der Waals surface area contributed by atoms with E-state index < -0.39 is 0 Å². The number of aromatic nitrogens is 3. The molecule has 1 aliphatic carbocycles. The first kappa shape index (κ1) is 17.3. The zero-order valence-corrected chi connectivity index (χ0v) is 15.6. The molecule has 0 radical (unpaired) electrons. The second kappa shape index (κ2) is 6.87. The minimum absolute atomic E-state index is 0.271. The third-order valence-electron chi connectivity index (χ3n) is 5.33. The van der Waals surface area contributed by atoms with Crippen molar-refractivity contribution in [1.82, 2.24) is 14.8 Å². The maximum atomic E-state index is 12.5. The molecule has 7 nitrogen and oxygen atoms in total. The fraction of sp³-hybridized carbons (Fsp3) is 0.632. The molecule has 26 heavy (non-hydrogen) atoms. The number of pyridine rings is 1. The fourth-order valence-electron chi connectivity index (χ4n) is 3.88. The molecule has 3 heterocycles. The summed E-state index contributed by atoms with van der Waals surface area (Å²) in [7, 11) is 1.87. The molecule has 2 aliphatic rings. The van der Waals surface area contributed by atoms with Gasteiger partial charge in [-0.05, 0) is 45.4 Å². The van der Waals surface area contributed by atoms with Gasteiger partial charge in [0.15, 0.2) is 5.65 Å². The predicted molar refractivity (Wildman–Crippen MR) is 98.3 cm³/mol. The summed E-state index contributed by atoms with van der Waals surface area (Å²) in [6, 6.07) is 0.271. The molecule has 2 atom stereocenters. The van der Waals surface area contributed by atoms with Crippen LogP contribution in [0, 0.1) is 12.8 Å². The number of nitrogens with zero attached hydrogens (tertiary/aromatic N) is 3. The molecule has 2 aromatic rings. The van der Waals surface area contributed by atoms with Crippen LogP contribution < -0.4 is 5.32 Å². The highest BCUT2D eigenvalue weighted by molar-refractivity contribution is 6.05. The molecule has 1 saturated heterocycles. The fourth-order valence-corrected chi connectivity index (χ4v) is 3.88. The van der Waals surface area contributed by atoms with Crippen LogP contribution in [0.1, 0.15) is 48.7 Å². The van der Waals surface area contributed by atoms with Crippen LogP contribution in [-0.2, 0) is 16.5 Å². The highest BCUT2D eigenvalue weighted by Crippen LogP contribution is 2.39. The third kappa shape index (κ3) is 3.16. The highest BCUT2D eigenvalue weighted by atomic mass is 16.5.